The molecule has 0 saturated carbocycles. The number of imide groups is 1. The normalized spacial score (nSPS) is 16.4. The maximum absolute atomic E-state index is 12.5. The number of aryl methyl sites for hydroxylation is 1. The largest absolute Gasteiger partial charge is 0.467 e. The standard InChI is InChI=1S/C19H16N2O7S/c1-10-4-5-12(8-14(10)21(25)26)15-7-6-13(28-15)9-16-17(22)20(19(24)29-16)11(2)18(23)27-3/h4-9,11H,1-3H3. The molecule has 0 aliphatic carbocycles. The van der Waals surface area contributed by atoms with E-state index in [-0.39, 0.29) is 10.6 Å². The quantitative estimate of drug-likeness (QED) is 0.313. The lowest BCUT2D eigenvalue weighted by Crippen LogP contribution is -2.42. The van der Waals surface area contributed by atoms with Crippen LogP contribution in [0.25, 0.3) is 17.4 Å². The van der Waals surface area contributed by atoms with Crippen LogP contribution in [0.2, 0.25) is 0 Å². The number of hydrogen-bond acceptors (Lipinski definition) is 8. The molecule has 2 amide bonds. The number of nitrogens with zero attached hydrogens (tertiary/aromatic N) is 2. The van der Waals surface area contributed by atoms with Gasteiger partial charge >= 0.3 is 5.97 Å². The van der Waals surface area contributed by atoms with Gasteiger partial charge in [-0.15, -0.1) is 0 Å². The van der Waals surface area contributed by atoms with Gasteiger partial charge in [-0.3, -0.25) is 24.6 Å². The lowest BCUT2D eigenvalue weighted by Gasteiger charge is -2.18. The predicted octanol–water partition coefficient (Wildman–Crippen LogP) is 3.76. The van der Waals surface area contributed by atoms with Crippen LogP contribution in [0.3, 0.4) is 0 Å². The fourth-order valence-corrected chi connectivity index (χ4v) is 3.65. The van der Waals surface area contributed by atoms with E-state index in [1.54, 1.807) is 31.2 Å². The van der Waals surface area contributed by atoms with E-state index in [2.05, 4.69) is 4.74 Å². The van der Waals surface area contributed by atoms with Crippen molar-refractivity contribution in [3.05, 3.63) is 56.7 Å². The van der Waals surface area contributed by atoms with Gasteiger partial charge in [-0.25, -0.2) is 4.79 Å². The van der Waals surface area contributed by atoms with Crippen LogP contribution in [0, 0.1) is 17.0 Å². The van der Waals surface area contributed by atoms with Gasteiger partial charge in [-0.05, 0) is 37.7 Å². The Morgan fingerprint density at radius 3 is 2.69 bits per heavy atom. The number of nitro benzene ring substituents is 1. The molecule has 0 bridgehead atoms. The van der Waals surface area contributed by atoms with Gasteiger partial charge in [0.25, 0.3) is 16.8 Å². The van der Waals surface area contributed by atoms with Crippen molar-refractivity contribution < 1.29 is 28.5 Å². The summed E-state index contributed by atoms with van der Waals surface area (Å²) in [5, 5.41) is 10.5. The number of hydrogen-bond donors (Lipinski definition) is 0. The van der Waals surface area contributed by atoms with E-state index in [9.17, 15) is 24.5 Å². The highest BCUT2D eigenvalue weighted by atomic mass is 32.2. The Kier molecular flexibility index (Phi) is 5.55. The van der Waals surface area contributed by atoms with Gasteiger partial charge in [-0.1, -0.05) is 12.1 Å². The van der Waals surface area contributed by atoms with E-state index >= 15 is 0 Å². The van der Waals surface area contributed by atoms with Gasteiger partial charge in [0.15, 0.2) is 0 Å². The molecule has 0 spiro atoms. The molecule has 9 nitrogen and oxygen atoms in total. The van der Waals surface area contributed by atoms with E-state index in [1.165, 1.54) is 26.2 Å². The second-order valence-electron chi connectivity index (χ2n) is 6.21. The van der Waals surface area contributed by atoms with Crippen LogP contribution in [0.4, 0.5) is 10.5 Å². The third kappa shape index (κ3) is 3.92. The number of furan rings is 1. The zero-order valence-electron chi connectivity index (χ0n) is 15.7. The minimum absolute atomic E-state index is 0.0293. The second-order valence-corrected chi connectivity index (χ2v) is 7.20. The van der Waals surface area contributed by atoms with Crippen LogP contribution >= 0.6 is 11.8 Å². The summed E-state index contributed by atoms with van der Waals surface area (Å²) >= 11 is 0.688. The van der Waals surface area contributed by atoms with E-state index in [1.807, 2.05) is 0 Å². The number of esters is 1. The van der Waals surface area contributed by atoms with E-state index in [0.29, 0.717) is 34.4 Å². The molecule has 2 aromatic rings. The number of thioether (sulfide) groups is 1. The summed E-state index contributed by atoms with van der Waals surface area (Å²) in [5.41, 5.74) is 1.01. The lowest BCUT2D eigenvalue weighted by atomic mass is 10.1. The average molecular weight is 416 g/mol. The third-order valence-corrected chi connectivity index (χ3v) is 5.23. The molecule has 2 heterocycles. The molecule has 1 aromatic carbocycles. The molecule has 1 atom stereocenters. The van der Waals surface area contributed by atoms with Crippen molar-refractivity contribution in [1.29, 1.82) is 0 Å². The zero-order chi connectivity index (χ0) is 21.3. The fraction of sp³-hybridized carbons (Fsp3) is 0.211. The van der Waals surface area contributed by atoms with Crippen LogP contribution in [0.5, 0.6) is 0 Å². The first-order chi connectivity index (χ1) is 13.7. The van der Waals surface area contributed by atoms with Crippen molar-refractivity contribution in [3.8, 4) is 11.3 Å². The Balaban J connectivity index is 1.87. The van der Waals surface area contributed by atoms with Gasteiger partial charge in [0.2, 0.25) is 0 Å². The van der Waals surface area contributed by atoms with Gasteiger partial charge in [0, 0.05) is 23.3 Å². The SMILES string of the molecule is COC(=O)C(C)N1C(=O)SC(=Cc2ccc(-c3ccc(C)c([N+](=O)[O-])c3)o2)C1=O. The highest BCUT2D eigenvalue weighted by molar-refractivity contribution is 8.18. The summed E-state index contributed by atoms with van der Waals surface area (Å²) in [4.78, 5) is 47.9. The summed E-state index contributed by atoms with van der Waals surface area (Å²) < 4.78 is 10.2. The molecular formula is C19H16N2O7S. The summed E-state index contributed by atoms with van der Waals surface area (Å²) in [7, 11) is 1.17. The van der Waals surface area contributed by atoms with Crippen LogP contribution in [-0.4, -0.2) is 40.1 Å². The molecule has 1 unspecified atom stereocenters. The Morgan fingerprint density at radius 2 is 2.03 bits per heavy atom. The number of rotatable bonds is 5. The summed E-state index contributed by atoms with van der Waals surface area (Å²) in [5.74, 6) is -0.655. The molecule has 1 saturated heterocycles. The Labute approximate surface area is 169 Å². The number of amides is 2. The van der Waals surface area contributed by atoms with Gasteiger partial charge < -0.3 is 9.15 Å². The molecule has 29 heavy (non-hydrogen) atoms. The molecule has 1 aliphatic heterocycles. The van der Waals surface area contributed by atoms with Crippen molar-refractivity contribution >= 4 is 40.6 Å². The first kappa shape index (κ1) is 20.3. The Bertz CT molecular complexity index is 1060. The van der Waals surface area contributed by atoms with Crippen molar-refractivity contribution in [2.75, 3.05) is 7.11 Å². The molecule has 1 fully saturated rings. The molecule has 1 aromatic heterocycles. The molecule has 1 aliphatic rings. The fourth-order valence-electron chi connectivity index (χ4n) is 2.76. The molecular weight excluding hydrogens is 400 g/mol. The van der Waals surface area contributed by atoms with E-state index in [0.717, 1.165) is 4.90 Å². The number of carbonyl (C=O) groups excluding carboxylic acids is 3. The van der Waals surface area contributed by atoms with E-state index < -0.39 is 28.1 Å². The first-order valence-electron chi connectivity index (χ1n) is 8.43. The smallest absolute Gasteiger partial charge is 0.328 e. The van der Waals surface area contributed by atoms with Crippen molar-refractivity contribution in [2.24, 2.45) is 0 Å². The van der Waals surface area contributed by atoms with Crippen molar-refractivity contribution in [2.45, 2.75) is 19.9 Å². The third-order valence-electron chi connectivity index (χ3n) is 4.34. The molecule has 150 valence electrons. The van der Waals surface area contributed by atoms with Gasteiger partial charge in [0.05, 0.1) is 16.9 Å². The highest BCUT2D eigenvalue weighted by Gasteiger charge is 2.41. The summed E-state index contributed by atoms with van der Waals surface area (Å²) in [6, 6.07) is 6.87. The molecule has 10 heteroatoms. The zero-order valence-corrected chi connectivity index (χ0v) is 16.5. The number of nitro groups is 1. The number of methoxy groups -OCH3 is 1. The van der Waals surface area contributed by atoms with Gasteiger partial charge in [0.1, 0.15) is 17.6 Å². The van der Waals surface area contributed by atoms with E-state index in [4.69, 9.17) is 4.42 Å². The van der Waals surface area contributed by atoms with Gasteiger partial charge in [-0.2, -0.15) is 0 Å². The minimum atomic E-state index is -1.04. The monoisotopic (exact) mass is 416 g/mol. The topological polar surface area (TPSA) is 120 Å². The van der Waals surface area contributed by atoms with Crippen LogP contribution in [-0.2, 0) is 14.3 Å². The van der Waals surface area contributed by atoms with Crippen LogP contribution < -0.4 is 0 Å². The second kappa shape index (κ2) is 7.92. The molecule has 0 radical (unpaired) electrons. The van der Waals surface area contributed by atoms with Crippen molar-refractivity contribution in [3.63, 3.8) is 0 Å². The van der Waals surface area contributed by atoms with Crippen LogP contribution in [0.15, 0.2) is 39.7 Å². The number of benzene rings is 1. The number of carbonyl (C=O) groups is 3. The number of ether oxygens (including phenoxy) is 1. The molecule has 3 rings (SSSR count). The maximum Gasteiger partial charge on any atom is 0.328 e. The first-order valence-corrected chi connectivity index (χ1v) is 9.24. The highest BCUT2D eigenvalue weighted by Crippen LogP contribution is 2.35. The Morgan fingerprint density at radius 1 is 1.31 bits per heavy atom. The summed E-state index contributed by atoms with van der Waals surface area (Å²) in [6.07, 6.45) is 1.39. The lowest BCUT2D eigenvalue weighted by molar-refractivity contribution is -0.385. The maximum atomic E-state index is 12.5. The van der Waals surface area contributed by atoms with Crippen LogP contribution in [0.1, 0.15) is 18.2 Å². The van der Waals surface area contributed by atoms with Crippen molar-refractivity contribution in [1.82, 2.24) is 4.90 Å². The average Bonchev–Trinajstić information content (AvgIpc) is 3.25. The molecule has 0 N–H and O–H groups in total. The minimum Gasteiger partial charge on any atom is -0.467 e. The summed E-state index contributed by atoms with van der Waals surface area (Å²) in [6.45, 7) is 3.04. The Hall–Kier alpha value is -3.40. The predicted molar refractivity (Wildman–Crippen MR) is 105 cm³/mol.